The van der Waals surface area contributed by atoms with E-state index in [2.05, 4.69) is 44.1 Å². The molecule has 4 nitrogen and oxygen atoms in total. The molecule has 3 aliphatic rings. The van der Waals surface area contributed by atoms with Crippen LogP contribution in [0.1, 0.15) is 66.2 Å². The van der Waals surface area contributed by atoms with Crippen LogP contribution in [0, 0.1) is 11.8 Å². The Hall–Kier alpha value is -0.680. The molecule has 2 aliphatic carbocycles. The Kier molecular flexibility index (Phi) is 9.40. The number of hydrogen-bond acceptors (Lipinski definition) is 4. The van der Waals surface area contributed by atoms with Crippen molar-refractivity contribution < 1.29 is 9.84 Å². The van der Waals surface area contributed by atoms with Crippen LogP contribution in [0.3, 0.4) is 0 Å². The van der Waals surface area contributed by atoms with Crippen molar-refractivity contribution >= 4 is 0 Å². The van der Waals surface area contributed by atoms with Crippen molar-refractivity contribution in [1.29, 1.82) is 0 Å². The predicted molar refractivity (Wildman–Crippen MR) is 121 cm³/mol. The topological polar surface area (TPSA) is 48.0 Å². The van der Waals surface area contributed by atoms with Crippen molar-refractivity contribution in [3.63, 3.8) is 0 Å². The number of epoxide rings is 1. The molecule has 1 saturated heterocycles. The highest BCUT2D eigenvalue weighted by molar-refractivity contribution is 5.10. The molecule has 2 N–H and O–H groups in total. The molecule has 3 fully saturated rings. The first-order valence-electron chi connectivity index (χ1n) is 10.8. The first-order chi connectivity index (χ1) is 12.9. The molecule has 4 heteroatoms. The Bertz CT molecular complexity index is 529. The highest BCUT2D eigenvalue weighted by Gasteiger charge is 2.55. The van der Waals surface area contributed by atoms with E-state index in [1.165, 1.54) is 30.4 Å². The van der Waals surface area contributed by atoms with E-state index in [1.54, 1.807) is 0 Å². The van der Waals surface area contributed by atoms with Crippen molar-refractivity contribution in [3.8, 4) is 0 Å². The van der Waals surface area contributed by atoms with Crippen LogP contribution in [0.2, 0.25) is 0 Å². The number of ether oxygens (including phenoxy) is 1. The first-order valence-corrected chi connectivity index (χ1v) is 10.8. The minimum absolute atomic E-state index is 0.262. The van der Waals surface area contributed by atoms with Gasteiger partial charge in [0.05, 0.1) is 17.3 Å². The number of fused-ring (bicyclic) bond motifs is 1. The third-order valence-electron chi connectivity index (χ3n) is 6.76. The number of allylic oxidation sites excluding steroid dienone is 2. The molecule has 0 amide bonds. The van der Waals surface area contributed by atoms with Crippen LogP contribution in [0.4, 0.5) is 0 Å². The van der Waals surface area contributed by atoms with Crippen molar-refractivity contribution in [2.24, 2.45) is 11.8 Å². The van der Waals surface area contributed by atoms with E-state index >= 15 is 0 Å². The van der Waals surface area contributed by atoms with Gasteiger partial charge in [-0.05, 0) is 106 Å². The summed E-state index contributed by atoms with van der Waals surface area (Å²) in [4.78, 5) is 2.13. The molecule has 3 rings (SSSR count). The summed E-state index contributed by atoms with van der Waals surface area (Å²) in [5.74, 6) is 1.32. The van der Waals surface area contributed by atoms with Crippen molar-refractivity contribution in [1.82, 2.24) is 10.2 Å². The highest BCUT2D eigenvalue weighted by atomic mass is 16.6. The molecule has 164 valence electrons. The van der Waals surface area contributed by atoms with Crippen molar-refractivity contribution in [2.45, 2.75) is 89.6 Å². The van der Waals surface area contributed by atoms with Gasteiger partial charge < -0.3 is 20.1 Å². The summed E-state index contributed by atoms with van der Waals surface area (Å²) in [6.07, 6.45) is 7.27. The monoisotopic (exact) mass is 394 g/mol. The lowest BCUT2D eigenvalue weighted by molar-refractivity contribution is -0.0548. The zero-order valence-corrected chi connectivity index (χ0v) is 19.8. The third kappa shape index (κ3) is 6.98. The second-order valence-corrected chi connectivity index (χ2v) is 9.89. The Morgan fingerprint density at radius 1 is 1.00 bits per heavy atom. The Balaban J connectivity index is 0.000000250. The minimum Gasteiger partial charge on any atom is -0.389 e. The minimum atomic E-state index is -0.532. The van der Waals surface area contributed by atoms with Crippen LogP contribution < -0.4 is 5.32 Å². The average Bonchev–Trinajstić information content (AvgIpc) is 3.25. The van der Waals surface area contributed by atoms with E-state index < -0.39 is 5.60 Å². The van der Waals surface area contributed by atoms with E-state index in [0.717, 1.165) is 25.2 Å². The molecule has 2 saturated carbocycles. The first kappa shape index (κ1) is 25.4. The largest absolute Gasteiger partial charge is 0.389 e. The maximum Gasteiger partial charge on any atom is 0.0920 e. The number of rotatable bonds is 3. The number of aliphatic hydroxyl groups is 1. The fourth-order valence-corrected chi connectivity index (χ4v) is 4.58. The van der Waals surface area contributed by atoms with E-state index in [-0.39, 0.29) is 11.6 Å². The molecule has 1 heterocycles. The van der Waals surface area contributed by atoms with Gasteiger partial charge in [0.15, 0.2) is 0 Å². The maximum atomic E-state index is 10.2. The summed E-state index contributed by atoms with van der Waals surface area (Å²) in [5, 5.41) is 13.0. The molecular weight excluding hydrogens is 348 g/mol. The zero-order chi connectivity index (χ0) is 21.7. The second-order valence-electron chi connectivity index (χ2n) is 9.89. The predicted octanol–water partition coefficient (Wildman–Crippen LogP) is 4.40. The van der Waals surface area contributed by atoms with Gasteiger partial charge in [-0.25, -0.2) is 0 Å². The lowest BCUT2D eigenvalue weighted by atomic mass is 9.73. The van der Waals surface area contributed by atoms with Crippen LogP contribution in [-0.4, -0.2) is 61.5 Å². The molecule has 0 bridgehead atoms. The van der Waals surface area contributed by atoms with Gasteiger partial charge in [-0.3, -0.25) is 0 Å². The second kappa shape index (κ2) is 10.4. The van der Waals surface area contributed by atoms with Gasteiger partial charge >= 0.3 is 0 Å². The van der Waals surface area contributed by atoms with Gasteiger partial charge in [-0.15, -0.1) is 0 Å². The summed E-state index contributed by atoms with van der Waals surface area (Å²) in [7, 11) is 7.83. The molecule has 1 aliphatic heterocycles. The molecule has 28 heavy (non-hydrogen) atoms. The SMILES string of the molecule is C=C(C)[C@@H]1CC[C@](C)(O)[C@@H](N(C)C)C1.C=C(C)[C@@H]1CC[C@]2(C)OC2C1.CNC. The standard InChI is InChI=1S/C12H23NO.C10H16O.C2H7N/c1-9(2)10-6-7-12(3,14)11(8-10)13(4)5;1-7(2)8-4-5-10(3)9(6-8)11-10;1-3-2/h10-11,14H,1,6-8H2,2-5H3;8-9H,1,4-6H2,2-3H3;3H,1-2H3/t10-,11+,12+;8-,9?,10+;/m11./s1. The van der Waals surface area contributed by atoms with Gasteiger partial charge in [0.2, 0.25) is 0 Å². The quantitative estimate of drug-likeness (QED) is 0.550. The van der Waals surface area contributed by atoms with Gasteiger partial charge in [-0.2, -0.15) is 0 Å². The highest BCUT2D eigenvalue weighted by Crippen LogP contribution is 2.50. The van der Waals surface area contributed by atoms with Crippen LogP contribution in [0.15, 0.2) is 24.3 Å². The van der Waals surface area contributed by atoms with E-state index in [9.17, 15) is 5.11 Å². The number of nitrogens with one attached hydrogen (secondary N) is 1. The van der Waals surface area contributed by atoms with Crippen LogP contribution in [0.5, 0.6) is 0 Å². The van der Waals surface area contributed by atoms with E-state index in [4.69, 9.17) is 4.74 Å². The molecule has 0 radical (unpaired) electrons. The smallest absolute Gasteiger partial charge is 0.0920 e. The lowest BCUT2D eigenvalue weighted by Gasteiger charge is -2.44. The molecule has 0 aromatic heterocycles. The number of nitrogens with zero attached hydrogens (tertiary/aromatic N) is 1. The molecule has 0 spiro atoms. The molecule has 0 aromatic carbocycles. The molecular formula is C24H46N2O2. The normalized spacial score (nSPS) is 38.9. The fraction of sp³-hybridized carbons (Fsp3) is 0.833. The zero-order valence-electron chi connectivity index (χ0n) is 19.8. The van der Waals surface area contributed by atoms with Gasteiger partial charge in [0.25, 0.3) is 0 Å². The van der Waals surface area contributed by atoms with Gasteiger partial charge in [0.1, 0.15) is 0 Å². The van der Waals surface area contributed by atoms with Crippen LogP contribution in [0.25, 0.3) is 0 Å². The summed E-state index contributed by atoms with van der Waals surface area (Å²) < 4.78 is 5.60. The molecule has 0 aromatic rings. The van der Waals surface area contributed by atoms with Gasteiger partial charge in [-0.1, -0.05) is 24.3 Å². The van der Waals surface area contributed by atoms with Crippen LogP contribution in [-0.2, 0) is 4.74 Å². The summed E-state index contributed by atoms with van der Waals surface area (Å²) in [6, 6.07) is 0.262. The summed E-state index contributed by atoms with van der Waals surface area (Å²) in [5.41, 5.74) is 2.33. The number of likely N-dealkylation sites (N-methyl/N-ethyl adjacent to an activating group) is 1. The third-order valence-corrected chi connectivity index (χ3v) is 6.76. The van der Waals surface area contributed by atoms with E-state index in [1.807, 2.05) is 35.1 Å². The summed E-state index contributed by atoms with van der Waals surface area (Å²) >= 11 is 0. The van der Waals surface area contributed by atoms with Crippen molar-refractivity contribution in [2.75, 3.05) is 28.2 Å². The maximum absolute atomic E-state index is 10.2. The molecule has 6 atom stereocenters. The molecule has 1 unspecified atom stereocenters. The average molecular weight is 395 g/mol. The Labute approximate surface area is 174 Å². The van der Waals surface area contributed by atoms with Crippen LogP contribution >= 0.6 is 0 Å². The van der Waals surface area contributed by atoms with Gasteiger partial charge in [0, 0.05) is 6.04 Å². The fourth-order valence-electron chi connectivity index (χ4n) is 4.58. The summed E-state index contributed by atoms with van der Waals surface area (Å²) in [6.45, 7) is 16.4. The van der Waals surface area contributed by atoms with E-state index in [0.29, 0.717) is 12.0 Å². The Morgan fingerprint density at radius 2 is 1.46 bits per heavy atom. The Morgan fingerprint density at radius 3 is 1.89 bits per heavy atom. The lowest BCUT2D eigenvalue weighted by Crippen LogP contribution is -2.52. The van der Waals surface area contributed by atoms with Crippen molar-refractivity contribution in [3.05, 3.63) is 24.3 Å². The number of hydrogen-bond donors (Lipinski definition) is 2.